The molecule has 1 saturated heterocycles. The average Bonchev–Trinajstić information content (AvgIpc) is 3.53. The number of hydrogen-bond donors (Lipinski definition) is 0. The Morgan fingerprint density at radius 3 is 2.12 bits per heavy atom. The topological polar surface area (TPSA) is 101 Å². The zero-order valence-electron chi connectivity index (χ0n) is 22.9. The third kappa shape index (κ3) is 6.76. The maximum absolute atomic E-state index is 13.7. The first kappa shape index (κ1) is 30.6. The molecule has 2 aromatic carbocycles. The minimum absolute atomic E-state index is 0.0245. The van der Waals surface area contributed by atoms with Crippen molar-refractivity contribution in [1.29, 1.82) is 0 Å². The second-order valence-corrected chi connectivity index (χ2v) is 10.2. The smallest absolute Gasteiger partial charge is 0.336 e. The van der Waals surface area contributed by atoms with E-state index in [0.29, 0.717) is 24.5 Å². The number of hydrogen-bond acceptors (Lipinski definition) is 9. The summed E-state index contributed by atoms with van der Waals surface area (Å²) in [5, 5.41) is 0.506. The monoisotopic (exact) mass is 603 g/mol. The fourth-order valence-electron chi connectivity index (χ4n) is 5.15. The molecule has 2 atom stereocenters. The minimum Gasteiger partial charge on any atom is -0.469 e. The van der Waals surface area contributed by atoms with Crippen LogP contribution in [0.1, 0.15) is 35.8 Å². The summed E-state index contributed by atoms with van der Waals surface area (Å²) in [5.74, 6) is -3.24. The summed E-state index contributed by atoms with van der Waals surface area (Å²) in [5.41, 5.74) is 1.99. The van der Waals surface area contributed by atoms with Crippen LogP contribution in [0.4, 0.5) is 0 Å². The molecule has 2 unspecified atom stereocenters. The van der Waals surface area contributed by atoms with Gasteiger partial charge in [-0.3, -0.25) is 4.79 Å². The lowest BCUT2D eigenvalue weighted by Crippen LogP contribution is -2.35. The van der Waals surface area contributed by atoms with E-state index in [2.05, 4.69) is 0 Å². The van der Waals surface area contributed by atoms with Gasteiger partial charge in [-0.25, -0.2) is 9.59 Å². The molecule has 0 saturated carbocycles. The van der Waals surface area contributed by atoms with E-state index in [-0.39, 0.29) is 46.5 Å². The maximum atomic E-state index is 13.7. The molecular weight excluding hydrogens is 573 g/mol. The Morgan fingerprint density at radius 2 is 1.54 bits per heavy atom. The van der Waals surface area contributed by atoms with Crippen LogP contribution in [0.5, 0.6) is 0 Å². The van der Waals surface area contributed by atoms with Crippen molar-refractivity contribution in [3.05, 3.63) is 92.7 Å². The quantitative estimate of drug-likeness (QED) is 0.274. The molecular formula is C30H31Cl2NO8. The van der Waals surface area contributed by atoms with Crippen LogP contribution in [0, 0.1) is 0 Å². The van der Waals surface area contributed by atoms with Crippen molar-refractivity contribution in [2.24, 2.45) is 0 Å². The Balaban J connectivity index is 1.97. The number of halogens is 2. The van der Waals surface area contributed by atoms with Crippen LogP contribution >= 0.6 is 23.2 Å². The Kier molecular flexibility index (Phi) is 10.4. The van der Waals surface area contributed by atoms with Crippen LogP contribution in [-0.2, 0) is 38.1 Å². The predicted octanol–water partition coefficient (Wildman–Crippen LogP) is 4.99. The highest BCUT2D eigenvalue weighted by Gasteiger charge is 2.42. The maximum Gasteiger partial charge on any atom is 0.336 e. The van der Waals surface area contributed by atoms with Crippen LogP contribution in [0.2, 0.25) is 10.0 Å². The summed E-state index contributed by atoms with van der Waals surface area (Å²) in [6.45, 7) is 0.945. The standard InChI is InChI=1S/C30H31Cl2NO8/c1-37-24(34)12-13-33-17-20(28(35)38-2)25(26-21(31)10-7-11-22(26)32)27(29(36)39-3)23(33)16-19(30-40-14-15-41-30)18-8-5-4-6-9-18/h4-11,17,19,25,30H,12-16H2,1-3H3. The highest BCUT2D eigenvalue weighted by Crippen LogP contribution is 2.47. The number of rotatable bonds is 10. The fourth-order valence-corrected chi connectivity index (χ4v) is 5.76. The van der Waals surface area contributed by atoms with Crippen LogP contribution in [-0.4, -0.2) is 70.2 Å². The second-order valence-electron chi connectivity index (χ2n) is 9.35. The number of ether oxygens (including phenoxy) is 5. The van der Waals surface area contributed by atoms with Crippen molar-refractivity contribution in [2.45, 2.75) is 31.0 Å². The number of carbonyl (C=O) groups is 3. The van der Waals surface area contributed by atoms with Crippen molar-refractivity contribution >= 4 is 41.1 Å². The lowest BCUT2D eigenvalue weighted by Gasteiger charge is -2.37. The largest absolute Gasteiger partial charge is 0.469 e. The molecule has 2 aliphatic rings. The zero-order valence-corrected chi connectivity index (χ0v) is 24.4. The van der Waals surface area contributed by atoms with Crippen molar-refractivity contribution in [2.75, 3.05) is 41.1 Å². The highest BCUT2D eigenvalue weighted by molar-refractivity contribution is 6.36. The van der Waals surface area contributed by atoms with E-state index >= 15 is 0 Å². The van der Waals surface area contributed by atoms with Crippen molar-refractivity contribution in [1.82, 2.24) is 4.90 Å². The van der Waals surface area contributed by atoms with Gasteiger partial charge in [-0.05, 0) is 24.1 Å². The molecule has 41 heavy (non-hydrogen) atoms. The number of methoxy groups -OCH3 is 3. The minimum atomic E-state index is -1.03. The van der Waals surface area contributed by atoms with Gasteiger partial charge in [0.1, 0.15) is 0 Å². The summed E-state index contributed by atoms with van der Waals surface area (Å²) >= 11 is 13.3. The molecule has 0 aliphatic carbocycles. The molecule has 0 amide bonds. The second kappa shape index (κ2) is 14.0. The van der Waals surface area contributed by atoms with E-state index in [1.807, 2.05) is 30.3 Å². The van der Waals surface area contributed by atoms with Gasteiger partial charge in [-0.15, -0.1) is 0 Å². The summed E-state index contributed by atoms with van der Waals surface area (Å²) in [6, 6.07) is 14.5. The summed E-state index contributed by atoms with van der Waals surface area (Å²) < 4.78 is 27.1. The van der Waals surface area contributed by atoms with Gasteiger partial charge in [0.05, 0.1) is 58.0 Å². The van der Waals surface area contributed by atoms with Crippen molar-refractivity contribution < 1.29 is 38.1 Å². The van der Waals surface area contributed by atoms with Gasteiger partial charge >= 0.3 is 17.9 Å². The molecule has 2 aliphatic heterocycles. The molecule has 2 heterocycles. The van der Waals surface area contributed by atoms with Crippen LogP contribution < -0.4 is 0 Å². The van der Waals surface area contributed by atoms with Crippen molar-refractivity contribution in [3.8, 4) is 0 Å². The van der Waals surface area contributed by atoms with E-state index < -0.39 is 30.1 Å². The van der Waals surface area contributed by atoms with Gasteiger partial charge in [0, 0.05) is 40.0 Å². The first-order valence-electron chi connectivity index (χ1n) is 13.0. The first-order valence-corrected chi connectivity index (χ1v) is 13.7. The average molecular weight is 604 g/mol. The third-order valence-corrected chi connectivity index (χ3v) is 7.73. The molecule has 0 N–H and O–H groups in total. The molecule has 0 spiro atoms. The molecule has 4 rings (SSSR count). The van der Waals surface area contributed by atoms with Gasteiger partial charge < -0.3 is 28.6 Å². The van der Waals surface area contributed by atoms with Gasteiger partial charge in [-0.1, -0.05) is 59.6 Å². The first-order chi connectivity index (χ1) is 19.8. The summed E-state index contributed by atoms with van der Waals surface area (Å²) in [6.07, 6.45) is 1.17. The fraction of sp³-hybridized carbons (Fsp3) is 0.367. The highest BCUT2D eigenvalue weighted by atomic mass is 35.5. The lowest BCUT2D eigenvalue weighted by atomic mass is 9.79. The Morgan fingerprint density at radius 1 is 0.902 bits per heavy atom. The number of carbonyl (C=O) groups excluding carboxylic acids is 3. The van der Waals surface area contributed by atoms with E-state index in [0.717, 1.165) is 5.56 Å². The van der Waals surface area contributed by atoms with E-state index in [4.69, 9.17) is 46.9 Å². The van der Waals surface area contributed by atoms with E-state index in [1.165, 1.54) is 21.3 Å². The van der Waals surface area contributed by atoms with Crippen LogP contribution in [0.25, 0.3) is 0 Å². The lowest BCUT2D eigenvalue weighted by molar-refractivity contribution is -0.140. The third-order valence-electron chi connectivity index (χ3n) is 7.07. The Labute approximate surface area is 248 Å². The van der Waals surface area contributed by atoms with Gasteiger partial charge in [0.25, 0.3) is 0 Å². The summed E-state index contributed by atoms with van der Waals surface area (Å²) in [4.78, 5) is 40.8. The predicted molar refractivity (Wildman–Crippen MR) is 151 cm³/mol. The molecule has 0 aromatic heterocycles. The number of benzene rings is 2. The van der Waals surface area contributed by atoms with Gasteiger partial charge in [-0.2, -0.15) is 0 Å². The molecule has 11 heteroatoms. The molecule has 1 fully saturated rings. The molecule has 218 valence electrons. The van der Waals surface area contributed by atoms with Gasteiger partial charge in [0.15, 0.2) is 6.29 Å². The molecule has 0 radical (unpaired) electrons. The molecule has 2 aromatic rings. The normalized spacial score (nSPS) is 18.1. The van der Waals surface area contributed by atoms with E-state index in [9.17, 15) is 14.4 Å². The van der Waals surface area contributed by atoms with Crippen LogP contribution in [0.3, 0.4) is 0 Å². The zero-order chi connectivity index (χ0) is 29.5. The number of allylic oxidation sites excluding steroid dienone is 1. The van der Waals surface area contributed by atoms with Crippen molar-refractivity contribution in [3.63, 3.8) is 0 Å². The SMILES string of the molecule is COC(=O)CCN1C=C(C(=O)OC)C(c2c(Cl)cccc2Cl)C(C(=O)OC)=C1CC(c1ccccc1)C1OCCO1. The molecule has 9 nitrogen and oxygen atoms in total. The number of esters is 3. The Bertz CT molecular complexity index is 1320. The summed E-state index contributed by atoms with van der Waals surface area (Å²) in [7, 11) is 3.79. The molecule has 0 bridgehead atoms. The Hall–Kier alpha value is -3.37. The van der Waals surface area contributed by atoms with E-state index in [1.54, 1.807) is 29.3 Å². The van der Waals surface area contributed by atoms with Crippen LogP contribution in [0.15, 0.2) is 71.6 Å². The van der Waals surface area contributed by atoms with Gasteiger partial charge in [0.2, 0.25) is 0 Å². The number of nitrogens with zero attached hydrogens (tertiary/aromatic N) is 1.